The van der Waals surface area contributed by atoms with E-state index in [2.05, 4.69) is 5.32 Å². The van der Waals surface area contributed by atoms with Crippen LogP contribution in [-0.2, 0) is 26.2 Å². The van der Waals surface area contributed by atoms with Crippen molar-refractivity contribution in [2.45, 2.75) is 64.9 Å². The standard InChI is InChI=1S/C31H37Cl2N3O4S/c1-6-7-16-34-31(38)24(5)35(19-25-11-12-26(32)18-29(25)33)30(37)20-36(27-13-10-22(3)23(4)17-27)41(39,40)28-14-8-21(2)9-15-28/h8-15,17-18,24H,6-7,16,19-20H2,1-5H3,(H,34,38)/t24-/m1/s1. The van der Waals surface area contributed by atoms with Gasteiger partial charge in [0.05, 0.1) is 10.6 Å². The van der Waals surface area contributed by atoms with Crippen molar-refractivity contribution >= 4 is 50.7 Å². The van der Waals surface area contributed by atoms with Gasteiger partial charge in [0.25, 0.3) is 10.0 Å². The fourth-order valence-corrected chi connectivity index (χ4v) is 6.07. The minimum atomic E-state index is -4.14. The van der Waals surface area contributed by atoms with Gasteiger partial charge in [0.1, 0.15) is 12.6 Å². The van der Waals surface area contributed by atoms with E-state index in [0.717, 1.165) is 33.8 Å². The van der Waals surface area contributed by atoms with Crippen LogP contribution in [0.1, 0.15) is 48.9 Å². The second-order valence-corrected chi connectivity index (χ2v) is 12.9. The van der Waals surface area contributed by atoms with Gasteiger partial charge in [-0.15, -0.1) is 0 Å². The van der Waals surface area contributed by atoms with E-state index in [1.165, 1.54) is 17.0 Å². The van der Waals surface area contributed by atoms with Crippen LogP contribution in [0.3, 0.4) is 0 Å². The van der Waals surface area contributed by atoms with Gasteiger partial charge < -0.3 is 10.2 Å². The van der Waals surface area contributed by atoms with E-state index in [-0.39, 0.29) is 17.3 Å². The van der Waals surface area contributed by atoms with E-state index < -0.39 is 28.5 Å². The molecule has 3 rings (SSSR count). The molecule has 1 atom stereocenters. The molecule has 0 fully saturated rings. The summed E-state index contributed by atoms with van der Waals surface area (Å²) < 4.78 is 29.0. The molecule has 1 N–H and O–H groups in total. The molecule has 0 radical (unpaired) electrons. The fraction of sp³-hybridized carbons (Fsp3) is 0.355. The van der Waals surface area contributed by atoms with Crippen molar-refractivity contribution in [3.05, 3.63) is 93.0 Å². The molecule has 220 valence electrons. The van der Waals surface area contributed by atoms with Gasteiger partial charge in [0, 0.05) is 23.1 Å². The molecule has 0 aliphatic carbocycles. The van der Waals surface area contributed by atoms with Crippen LogP contribution in [0.25, 0.3) is 0 Å². The molecule has 0 saturated carbocycles. The van der Waals surface area contributed by atoms with E-state index >= 15 is 0 Å². The highest BCUT2D eigenvalue weighted by atomic mass is 35.5. The monoisotopic (exact) mass is 617 g/mol. The number of rotatable bonds is 12. The van der Waals surface area contributed by atoms with Gasteiger partial charge in [0.2, 0.25) is 11.8 Å². The fourth-order valence-electron chi connectivity index (χ4n) is 4.20. The van der Waals surface area contributed by atoms with Gasteiger partial charge in [-0.3, -0.25) is 13.9 Å². The number of amides is 2. The smallest absolute Gasteiger partial charge is 0.264 e. The zero-order valence-electron chi connectivity index (χ0n) is 24.1. The molecule has 7 nitrogen and oxygen atoms in total. The quantitative estimate of drug-likeness (QED) is 0.237. The first-order chi connectivity index (χ1) is 19.3. The Kier molecular flexibility index (Phi) is 11.2. The minimum Gasteiger partial charge on any atom is -0.354 e. The molecule has 10 heteroatoms. The predicted molar refractivity (Wildman–Crippen MR) is 166 cm³/mol. The maximum Gasteiger partial charge on any atom is 0.264 e. The first kappa shape index (κ1) is 32.4. The Morgan fingerprint density at radius 1 is 0.927 bits per heavy atom. The van der Waals surface area contributed by atoms with Crippen molar-refractivity contribution in [3.8, 4) is 0 Å². The number of anilines is 1. The number of unbranched alkanes of at least 4 members (excludes halogenated alkanes) is 1. The van der Waals surface area contributed by atoms with E-state index in [0.29, 0.717) is 27.8 Å². The van der Waals surface area contributed by atoms with Crippen LogP contribution in [-0.4, -0.2) is 44.3 Å². The van der Waals surface area contributed by atoms with Gasteiger partial charge in [-0.05, 0) is 87.2 Å². The average molecular weight is 619 g/mol. The molecule has 0 heterocycles. The van der Waals surface area contributed by atoms with Gasteiger partial charge >= 0.3 is 0 Å². The SMILES string of the molecule is CCCCNC(=O)[C@@H](C)N(Cc1ccc(Cl)cc1Cl)C(=O)CN(c1ccc(C)c(C)c1)S(=O)(=O)c1ccc(C)cc1. The lowest BCUT2D eigenvalue weighted by Gasteiger charge is -2.32. The Morgan fingerprint density at radius 3 is 2.22 bits per heavy atom. The molecule has 0 aromatic heterocycles. The Labute approximate surface area is 253 Å². The number of carbonyl (C=O) groups is 2. The average Bonchev–Trinajstić information content (AvgIpc) is 2.92. The lowest BCUT2D eigenvalue weighted by Crippen LogP contribution is -2.51. The maximum atomic E-state index is 14.0. The molecule has 0 bridgehead atoms. The Morgan fingerprint density at radius 2 is 1.61 bits per heavy atom. The summed E-state index contributed by atoms with van der Waals surface area (Å²) in [4.78, 5) is 28.5. The summed E-state index contributed by atoms with van der Waals surface area (Å²) in [7, 11) is -4.14. The minimum absolute atomic E-state index is 0.0114. The number of carbonyl (C=O) groups excluding carboxylic acids is 2. The van der Waals surface area contributed by atoms with Crippen LogP contribution in [0.4, 0.5) is 5.69 Å². The van der Waals surface area contributed by atoms with Crippen LogP contribution < -0.4 is 9.62 Å². The Hall–Kier alpha value is -3.07. The number of nitrogens with zero attached hydrogens (tertiary/aromatic N) is 2. The summed E-state index contributed by atoms with van der Waals surface area (Å²) in [5, 5.41) is 3.65. The Balaban J connectivity index is 2.05. The second-order valence-electron chi connectivity index (χ2n) is 10.2. The summed E-state index contributed by atoms with van der Waals surface area (Å²) in [6, 6.07) is 15.7. The summed E-state index contributed by atoms with van der Waals surface area (Å²) in [5.41, 5.74) is 3.71. The zero-order chi connectivity index (χ0) is 30.3. The predicted octanol–water partition coefficient (Wildman–Crippen LogP) is 6.45. The molecule has 0 aliphatic rings. The molecule has 3 aromatic rings. The molecular weight excluding hydrogens is 581 g/mol. The molecule has 0 unspecified atom stereocenters. The normalized spacial score (nSPS) is 12.1. The van der Waals surface area contributed by atoms with E-state index in [1.807, 2.05) is 33.8 Å². The number of nitrogens with one attached hydrogen (secondary N) is 1. The Bertz CT molecular complexity index is 1490. The van der Waals surface area contributed by atoms with Crippen LogP contribution in [0, 0.1) is 20.8 Å². The lowest BCUT2D eigenvalue weighted by molar-refractivity contribution is -0.139. The first-order valence-corrected chi connectivity index (χ1v) is 15.7. The van der Waals surface area contributed by atoms with E-state index in [4.69, 9.17) is 23.2 Å². The first-order valence-electron chi connectivity index (χ1n) is 13.5. The highest BCUT2D eigenvalue weighted by molar-refractivity contribution is 7.92. The summed E-state index contributed by atoms with van der Waals surface area (Å²) in [6.07, 6.45) is 1.70. The van der Waals surface area contributed by atoms with Crippen LogP contribution >= 0.6 is 23.2 Å². The van der Waals surface area contributed by atoms with Gasteiger partial charge in [0.15, 0.2) is 0 Å². The number of hydrogen-bond donors (Lipinski definition) is 1. The van der Waals surface area contributed by atoms with E-state index in [9.17, 15) is 18.0 Å². The molecule has 2 amide bonds. The number of halogens is 2. The molecular formula is C31H37Cl2N3O4S. The highest BCUT2D eigenvalue weighted by Gasteiger charge is 2.33. The van der Waals surface area contributed by atoms with Crippen LogP contribution in [0.15, 0.2) is 65.6 Å². The third kappa shape index (κ3) is 8.24. The summed E-state index contributed by atoms with van der Waals surface area (Å²) >= 11 is 12.5. The summed E-state index contributed by atoms with van der Waals surface area (Å²) in [6.45, 7) is 9.27. The van der Waals surface area contributed by atoms with Gasteiger partial charge in [-0.1, -0.05) is 66.4 Å². The van der Waals surface area contributed by atoms with Crippen molar-refractivity contribution in [1.82, 2.24) is 10.2 Å². The van der Waals surface area contributed by atoms with Gasteiger partial charge in [-0.2, -0.15) is 0 Å². The highest BCUT2D eigenvalue weighted by Crippen LogP contribution is 2.28. The summed E-state index contributed by atoms with van der Waals surface area (Å²) in [5.74, 6) is -0.890. The van der Waals surface area contributed by atoms with Crippen molar-refractivity contribution in [3.63, 3.8) is 0 Å². The maximum absolute atomic E-state index is 14.0. The third-order valence-corrected chi connectivity index (χ3v) is 9.39. The van der Waals surface area contributed by atoms with Crippen molar-refractivity contribution in [2.75, 3.05) is 17.4 Å². The van der Waals surface area contributed by atoms with Crippen molar-refractivity contribution in [1.29, 1.82) is 0 Å². The number of sulfonamides is 1. The largest absolute Gasteiger partial charge is 0.354 e. The topological polar surface area (TPSA) is 86.8 Å². The molecule has 0 spiro atoms. The van der Waals surface area contributed by atoms with Crippen LogP contribution in [0.5, 0.6) is 0 Å². The number of hydrogen-bond acceptors (Lipinski definition) is 4. The number of benzene rings is 3. The lowest BCUT2D eigenvalue weighted by atomic mass is 10.1. The molecule has 0 saturated heterocycles. The molecule has 3 aromatic carbocycles. The third-order valence-electron chi connectivity index (χ3n) is 7.02. The van der Waals surface area contributed by atoms with Crippen molar-refractivity contribution in [2.24, 2.45) is 0 Å². The number of aryl methyl sites for hydroxylation is 3. The van der Waals surface area contributed by atoms with Crippen LogP contribution in [0.2, 0.25) is 10.0 Å². The van der Waals surface area contributed by atoms with Crippen molar-refractivity contribution < 1.29 is 18.0 Å². The second kappa shape index (κ2) is 14.2. The molecule has 0 aliphatic heterocycles. The zero-order valence-corrected chi connectivity index (χ0v) is 26.4. The van der Waals surface area contributed by atoms with E-state index in [1.54, 1.807) is 49.4 Å². The van der Waals surface area contributed by atoms with Gasteiger partial charge in [-0.25, -0.2) is 8.42 Å². The molecule has 41 heavy (non-hydrogen) atoms.